The van der Waals surface area contributed by atoms with E-state index in [0.717, 1.165) is 18.2 Å². The highest BCUT2D eigenvalue weighted by Gasteiger charge is 2.17. The van der Waals surface area contributed by atoms with Crippen molar-refractivity contribution in [2.75, 3.05) is 18.4 Å². The molecule has 0 aromatic heterocycles. The van der Waals surface area contributed by atoms with Crippen LogP contribution < -0.4 is 10.7 Å². The van der Waals surface area contributed by atoms with Gasteiger partial charge < -0.3 is 5.32 Å². The molecule has 0 saturated heterocycles. The quantitative estimate of drug-likeness (QED) is 0.484. The maximum atomic E-state index is 13.5. The normalized spacial score (nSPS) is 14.3. The molecule has 19 heavy (non-hydrogen) atoms. The average molecular weight is 266 g/mol. The number of nitro benzene ring substituents is 1. The Morgan fingerprint density at radius 1 is 1.47 bits per heavy atom. The highest BCUT2D eigenvalue weighted by atomic mass is 19.1. The fourth-order valence-corrected chi connectivity index (χ4v) is 1.55. The summed E-state index contributed by atoms with van der Waals surface area (Å²) in [6, 6.07) is 2.38. The van der Waals surface area contributed by atoms with Crippen molar-refractivity contribution in [2.24, 2.45) is 0 Å². The Morgan fingerprint density at radius 2 is 2.26 bits per heavy atom. The molecule has 0 aliphatic carbocycles. The van der Waals surface area contributed by atoms with Crippen LogP contribution in [0, 0.1) is 15.9 Å². The Bertz CT molecular complexity index is 547. The fraction of sp³-hybridized carbons (Fsp3) is 0.182. The van der Waals surface area contributed by atoms with Crippen LogP contribution >= 0.6 is 0 Å². The van der Waals surface area contributed by atoms with Gasteiger partial charge in [0, 0.05) is 18.7 Å². The number of halogens is 1. The molecule has 8 heteroatoms. The molecule has 2 rings (SSSR count). The summed E-state index contributed by atoms with van der Waals surface area (Å²) in [7, 11) is 0. The molecule has 2 N–H and O–H groups in total. The third-order valence-corrected chi connectivity index (χ3v) is 2.50. The third-order valence-electron chi connectivity index (χ3n) is 2.50. The Morgan fingerprint density at radius 3 is 2.89 bits per heavy atom. The molecule has 7 nitrogen and oxygen atoms in total. The van der Waals surface area contributed by atoms with Crippen molar-refractivity contribution in [2.45, 2.75) is 0 Å². The SMILES string of the molecule is O=C(Nc1cc([N+](=O)[O-])ccc1F)N1CC=CCN1. The summed E-state index contributed by atoms with van der Waals surface area (Å²) < 4.78 is 13.5. The van der Waals surface area contributed by atoms with Crippen LogP contribution in [0.5, 0.6) is 0 Å². The number of nitrogens with zero attached hydrogens (tertiary/aromatic N) is 2. The summed E-state index contributed by atoms with van der Waals surface area (Å²) >= 11 is 0. The number of amides is 2. The van der Waals surface area contributed by atoms with Gasteiger partial charge in [0.25, 0.3) is 5.69 Å². The minimum Gasteiger partial charge on any atom is -0.304 e. The predicted molar refractivity (Wildman–Crippen MR) is 65.9 cm³/mol. The molecule has 0 fully saturated rings. The first-order chi connectivity index (χ1) is 9.08. The summed E-state index contributed by atoms with van der Waals surface area (Å²) in [6.45, 7) is 0.827. The number of nitro groups is 1. The lowest BCUT2D eigenvalue weighted by molar-refractivity contribution is -0.384. The second-order valence-electron chi connectivity index (χ2n) is 3.80. The Hall–Kier alpha value is -2.48. The highest BCUT2D eigenvalue weighted by Crippen LogP contribution is 2.21. The van der Waals surface area contributed by atoms with E-state index < -0.39 is 16.8 Å². The minimum atomic E-state index is -0.730. The van der Waals surface area contributed by atoms with E-state index in [1.807, 2.05) is 6.08 Å². The molecule has 0 atom stereocenters. The molecule has 1 aliphatic heterocycles. The van der Waals surface area contributed by atoms with Gasteiger partial charge in [0.15, 0.2) is 0 Å². The van der Waals surface area contributed by atoms with Gasteiger partial charge in [-0.15, -0.1) is 0 Å². The summed E-state index contributed by atoms with van der Waals surface area (Å²) in [5, 5.41) is 14.1. The average Bonchev–Trinajstić information content (AvgIpc) is 2.42. The number of hydrogen-bond acceptors (Lipinski definition) is 4. The number of carbonyl (C=O) groups excluding carboxylic acids is 1. The van der Waals surface area contributed by atoms with Crippen LogP contribution in [0.1, 0.15) is 0 Å². The monoisotopic (exact) mass is 266 g/mol. The van der Waals surface area contributed by atoms with Crippen LogP contribution in [0.25, 0.3) is 0 Å². The van der Waals surface area contributed by atoms with Gasteiger partial charge in [0.05, 0.1) is 17.2 Å². The Kier molecular flexibility index (Phi) is 3.71. The largest absolute Gasteiger partial charge is 0.336 e. The van der Waals surface area contributed by atoms with Crippen molar-refractivity contribution in [3.05, 3.63) is 46.3 Å². The van der Waals surface area contributed by atoms with Crippen LogP contribution in [0.15, 0.2) is 30.4 Å². The van der Waals surface area contributed by atoms with Crippen LogP contribution in [-0.4, -0.2) is 29.1 Å². The molecule has 0 spiro atoms. The molecular weight excluding hydrogens is 255 g/mol. The van der Waals surface area contributed by atoms with Gasteiger partial charge in [-0.05, 0) is 6.07 Å². The second kappa shape index (κ2) is 5.44. The van der Waals surface area contributed by atoms with Crippen molar-refractivity contribution in [3.63, 3.8) is 0 Å². The van der Waals surface area contributed by atoms with Crippen LogP contribution in [0.3, 0.4) is 0 Å². The molecule has 0 bridgehead atoms. The number of nitrogens with one attached hydrogen (secondary N) is 2. The van der Waals surface area contributed by atoms with Crippen LogP contribution in [-0.2, 0) is 0 Å². The van der Waals surface area contributed by atoms with E-state index in [9.17, 15) is 19.3 Å². The first kappa shape index (κ1) is 13.0. The zero-order valence-electron chi connectivity index (χ0n) is 9.80. The number of anilines is 1. The smallest absolute Gasteiger partial charge is 0.304 e. The fourth-order valence-electron chi connectivity index (χ4n) is 1.55. The number of hydrazine groups is 1. The lowest BCUT2D eigenvalue weighted by atomic mass is 10.2. The lowest BCUT2D eigenvalue weighted by Gasteiger charge is -2.24. The van der Waals surface area contributed by atoms with E-state index >= 15 is 0 Å². The zero-order valence-corrected chi connectivity index (χ0v) is 9.80. The molecule has 0 unspecified atom stereocenters. The van der Waals surface area contributed by atoms with E-state index in [-0.39, 0.29) is 11.4 Å². The van der Waals surface area contributed by atoms with Crippen molar-refractivity contribution < 1.29 is 14.1 Å². The van der Waals surface area contributed by atoms with Crippen molar-refractivity contribution in [3.8, 4) is 0 Å². The first-order valence-corrected chi connectivity index (χ1v) is 5.49. The van der Waals surface area contributed by atoms with Gasteiger partial charge in [-0.3, -0.25) is 15.1 Å². The molecule has 1 aromatic rings. The van der Waals surface area contributed by atoms with Gasteiger partial charge in [-0.2, -0.15) is 0 Å². The van der Waals surface area contributed by atoms with E-state index in [1.54, 1.807) is 6.08 Å². The molecule has 2 amide bonds. The maximum Gasteiger partial charge on any atom is 0.336 e. The Balaban J connectivity index is 2.13. The number of non-ortho nitro benzene ring substituents is 1. The van der Waals surface area contributed by atoms with E-state index in [4.69, 9.17) is 0 Å². The van der Waals surface area contributed by atoms with E-state index in [2.05, 4.69) is 10.7 Å². The van der Waals surface area contributed by atoms with Gasteiger partial charge in [-0.25, -0.2) is 14.6 Å². The number of hydrogen-bond donors (Lipinski definition) is 2. The Labute approximate surface area is 107 Å². The second-order valence-corrected chi connectivity index (χ2v) is 3.80. The summed E-state index contributed by atoms with van der Waals surface area (Å²) in [4.78, 5) is 21.7. The highest BCUT2D eigenvalue weighted by molar-refractivity contribution is 5.89. The molecule has 1 heterocycles. The minimum absolute atomic E-state index is 0.226. The topological polar surface area (TPSA) is 87.5 Å². The third kappa shape index (κ3) is 3.05. The van der Waals surface area contributed by atoms with Crippen molar-refractivity contribution >= 4 is 17.4 Å². The zero-order chi connectivity index (χ0) is 13.8. The summed E-state index contributed by atoms with van der Waals surface area (Å²) in [5.41, 5.74) is 2.26. The lowest BCUT2D eigenvalue weighted by Crippen LogP contribution is -2.47. The summed E-state index contributed by atoms with van der Waals surface area (Å²) in [5.74, 6) is -0.730. The number of urea groups is 1. The number of benzene rings is 1. The van der Waals surface area contributed by atoms with Gasteiger partial charge in [-0.1, -0.05) is 12.2 Å². The summed E-state index contributed by atoms with van der Waals surface area (Å²) in [6.07, 6.45) is 3.62. The standard InChI is InChI=1S/C11H11FN4O3/c12-9-4-3-8(16(18)19)7-10(9)14-11(17)15-6-2-1-5-13-15/h1-4,7,13H,5-6H2,(H,14,17). The van der Waals surface area contributed by atoms with Gasteiger partial charge in [0.2, 0.25) is 0 Å². The van der Waals surface area contributed by atoms with Crippen molar-refractivity contribution in [1.29, 1.82) is 0 Å². The van der Waals surface area contributed by atoms with E-state index in [1.165, 1.54) is 5.01 Å². The first-order valence-electron chi connectivity index (χ1n) is 5.49. The number of rotatable bonds is 2. The van der Waals surface area contributed by atoms with Crippen LogP contribution in [0.4, 0.5) is 20.6 Å². The predicted octanol–water partition coefficient (Wildman–Crippen LogP) is 1.64. The molecule has 0 radical (unpaired) electrons. The molecule has 1 aromatic carbocycles. The molecular formula is C11H11FN4O3. The molecule has 0 saturated carbocycles. The molecule has 1 aliphatic rings. The van der Waals surface area contributed by atoms with Gasteiger partial charge in [0.1, 0.15) is 5.82 Å². The molecule has 100 valence electrons. The van der Waals surface area contributed by atoms with Crippen LogP contribution in [0.2, 0.25) is 0 Å². The number of carbonyl (C=O) groups is 1. The van der Waals surface area contributed by atoms with E-state index in [0.29, 0.717) is 13.1 Å². The maximum absolute atomic E-state index is 13.5. The van der Waals surface area contributed by atoms with Gasteiger partial charge >= 0.3 is 6.03 Å². The van der Waals surface area contributed by atoms with Crippen molar-refractivity contribution in [1.82, 2.24) is 10.4 Å².